The maximum Gasteiger partial charge on any atom is 0.163 e. The first-order valence-corrected chi connectivity index (χ1v) is 5.98. The summed E-state index contributed by atoms with van der Waals surface area (Å²) in [7, 11) is 3.24. The maximum absolute atomic E-state index is 5.66. The average Bonchev–Trinajstić information content (AvgIpc) is 2.76. The van der Waals surface area contributed by atoms with E-state index in [0.717, 1.165) is 29.7 Å². The highest BCUT2D eigenvalue weighted by Gasteiger charge is 2.09. The van der Waals surface area contributed by atoms with Crippen molar-refractivity contribution in [3.63, 3.8) is 0 Å². The summed E-state index contributed by atoms with van der Waals surface area (Å²) in [5.41, 5.74) is 1.83. The van der Waals surface area contributed by atoms with E-state index in [1.807, 2.05) is 12.1 Å². The summed E-state index contributed by atoms with van der Waals surface area (Å²) in [5.74, 6) is 2.97. The lowest BCUT2D eigenvalue weighted by atomic mass is 10.3. The Kier molecular flexibility index (Phi) is 3.74. The van der Waals surface area contributed by atoms with Crippen molar-refractivity contribution >= 4 is 22.6 Å². The predicted molar refractivity (Wildman–Crippen MR) is 68.2 cm³/mol. The van der Waals surface area contributed by atoms with Gasteiger partial charge in [0, 0.05) is 24.4 Å². The highest BCUT2D eigenvalue weighted by Crippen LogP contribution is 2.31. The lowest BCUT2D eigenvalue weighted by Crippen LogP contribution is -1.89. The lowest BCUT2D eigenvalue weighted by molar-refractivity contribution is 0.356. The number of methoxy groups -OCH3 is 2. The van der Waals surface area contributed by atoms with Gasteiger partial charge in [-0.25, -0.2) is 4.98 Å². The van der Waals surface area contributed by atoms with Crippen LogP contribution in [0.2, 0.25) is 0 Å². The standard InChI is InChI=1S/C12H15ClN2O2/c1-16-10-6-8-9(7-11(10)17-2)15-12(14-8)4-3-5-13/h6-7H,3-5H2,1-2H3,(H,14,15). The Bertz CT molecular complexity index is 469. The number of aryl methyl sites for hydroxylation is 1. The van der Waals surface area contributed by atoms with Crippen LogP contribution < -0.4 is 9.47 Å². The summed E-state index contributed by atoms with van der Waals surface area (Å²) >= 11 is 5.66. The van der Waals surface area contributed by atoms with E-state index in [4.69, 9.17) is 21.1 Å². The first kappa shape index (κ1) is 12.0. The molecular weight excluding hydrogens is 240 g/mol. The van der Waals surface area contributed by atoms with Crippen LogP contribution in [0, 0.1) is 0 Å². The van der Waals surface area contributed by atoms with Crippen LogP contribution in [0.4, 0.5) is 0 Å². The van der Waals surface area contributed by atoms with E-state index in [-0.39, 0.29) is 0 Å². The molecule has 0 saturated carbocycles. The van der Waals surface area contributed by atoms with Crippen LogP contribution in [0.15, 0.2) is 12.1 Å². The number of hydrogen-bond donors (Lipinski definition) is 1. The number of nitrogens with one attached hydrogen (secondary N) is 1. The van der Waals surface area contributed by atoms with Crippen molar-refractivity contribution in [2.45, 2.75) is 12.8 Å². The summed E-state index contributed by atoms with van der Waals surface area (Å²) in [4.78, 5) is 7.74. The fraction of sp³-hybridized carbons (Fsp3) is 0.417. The molecule has 0 spiro atoms. The highest BCUT2D eigenvalue weighted by atomic mass is 35.5. The summed E-state index contributed by atoms with van der Waals surface area (Å²) in [6.45, 7) is 0. The van der Waals surface area contributed by atoms with Crippen LogP contribution in [-0.2, 0) is 6.42 Å². The third kappa shape index (κ3) is 2.47. The zero-order valence-electron chi connectivity index (χ0n) is 9.92. The van der Waals surface area contributed by atoms with Gasteiger partial charge in [0.05, 0.1) is 25.3 Å². The van der Waals surface area contributed by atoms with Gasteiger partial charge in [0.2, 0.25) is 0 Å². The van der Waals surface area contributed by atoms with Crippen molar-refractivity contribution in [1.29, 1.82) is 0 Å². The molecule has 0 atom stereocenters. The van der Waals surface area contributed by atoms with Gasteiger partial charge in [0.1, 0.15) is 5.82 Å². The van der Waals surface area contributed by atoms with Gasteiger partial charge >= 0.3 is 0 Å². The molecule has 0 aliphatic carbocycles. The van der Waals surface area contributed by atoms with Gasteiger partial charge in [-0.2, -0.15) is 0 Å². The minimum atomic E-state index is 0.643. The molecule has 1 heterocycles. The Morgan fingerprint density at radius 3 is 2.59 bits per heavy atom. The quantitative estimate of drug-likeness (QED) is 0.835. The average molecular weight is 255 g/mol. The second kappa shape index (κ2) is 5.27. The molecule has 0 amide bonds. The van der Waals surface area contributed by atoms with E-state index >= 15 is 0 Å². The Morgan fingerprint density at radius 2 is 1.94 bits per heavy atom. The molecule has 0 fully saturated rings. The van der Waals surface area contributed by atoms with E-state index in [1.165, 1.54) is 0 Å². The zero-order chi connectivity index (χ0) is 12.3. The predicted octanol–water partition coefficient (Wildman–Crippen LogP) is 2.75. The van der Waals surface area contributed by atoms with Gasteiger partial charge in [-0.05, 0) is 6.42 Å². The number of halogens is 1. The van der Waals surface area contributed by atoms with Gasteiger partial charge < -0.3 is 14.5 Å². The molecule has 2 rings (SSSR count). The molecule has 1 aromatic carbocycles. The Labute approximate surface area is 105 Å². The smallest absolute Gasteiger partial charge is 0.163 e. The second-order valence-electron chi connectivity index (χ2n) is 3.70. The lowest BCUT2D eigenvalue weighted by Gasteiger charge is -2.06. The fourth-order valence-corrected chi connectivity index (χ4v) is 1.88. The van der Waals surface area contributed by atoms with Gasteiger partial charge in [0.15, 0.2) is 11.5 Å². The minimum absolute atomic E-state index is 0.643. The summed E-state index contributed by atoms with van der Waals surface area (Å²) in [6, 6.07) is 3.76. The molecule has 0 radical (unpaired) electrons. The van der Waals surface area contributed by atoms with Crippen LogP contribution in [0.1, 0.15) is 12.2 Å². The number of alkyl halides is 1. The van der Waals surface area contributed by atoms with Crippen molar-refractivity contribution in [1.82, 2.24) is 9.97 Å². The molecule has 2 aromatic rings. The van der Waals surface area contributed by atoms with Crippen molar-refractivity contribution in [3.8, 4) is 11.5 Å². The van der Waals surface area contributed by atoms with E-state index < -0.39 is 0 Å². The van der Waals surface area contributed by atoms with Crippen molar-refractivity contribution in [2.24, 2.45) is 0 Å². The number of fused-ring (bicyclic) bond motifs is 1. The van der Waals surface area contributed by atoms with Crippen LogP contribution >= 0.6 is 11.6 Å². The van der Waals surface area contributed by atoms with Gasteiger partial charge in [-0.15, -0.1) is 11.6 Å². The Hall–Kier alpha value is -1.42. The number of hydrogen-bond acceptors (Lipinski definition) is 3. The molecule has 0 aliphatic heterocycles. The maximum atomic E-state index is 5.66. The molecule has 4 nitrogen and oxygen atoms in total. The fourth-order valence-electron chi connectivity index (χ4n) is 1.74. The first-order valence-electron chi connectivity index (χ1n) is 5.45. The minimum Gasteiger partial charge on any atom is -0.493 e. The molecule has 17 heavy (non-hydrogen) atoms. The van der Waals surface area contributed by atoms with Crippen molar-refractivity contribution < 1.29 is 9.47 Å². The second-order valence-corrected chi connectivity index (χ2v) is 4.08. The van der Waals surface area contributed by atoms with E-state index in [9.17, 15) is 0 Å². The van der Waals surface area contributed by atoms with Crippen molar-refractivity contribution in [3.05, 3.63) is 18.0 Å². The van der Waals surface area contributed by atoms with Crippen molar-refractivity contribution in [2.75, 3.05) is 20.1 Å². The molecule has 0 saturated heterocycles. The van der Waals surface area contributed by atoms with E-state index in [1.54, 1.807) is 14.2 Å². The number of rotatable bonds is 5. The van der Waals surface area contributed by atoms with Crippen LogP contribution in [0.5, 0.6) is 11.5 Å². The Balaban J connectivity index is 2.39. The third-order valence-corrected chi connectivity index (χ3v) is 2.85. The van der Waals surface area contributed by atoms with E-state index in [0.29, 0.717) is 17.4 Å². The highest BCUT2D eigenvalue weighted by molar-refractivity contribution is 6.17. The number of aromatic nitrogens is 2. The molecular formula is C12H15ClN2O2. The molecule has 0 bridgehead atoms. The van der Waals surface area contributed by atoms with E-state index in [2.05, 4.69) is 9.97 Å². The van der Waals surface area contributed by atoms with Crippen LogP contribution in [-0.4, -0.2) is 30.1 Å². The number of ether oxygens (including phenoxy) is 2. The van der Waals surface area contributed by atoms with Gasteiger partial charge in [-0.3, -0.25) is 0 Å². The molecule has 0 unspecified atom stereocenters. The number of aromatic amines is 1. The molecule has 5 heteroatoms. The summed E-state index contributed by atoms with van der Waals surface area (Å²) in [5, 5.41) is 0. The van der Waals surface area contributed by atoms with Gasteiger partial charge in [-0.1, -0.05) is 0 Å². The van der Waals surface area contributed by atoms with Gasteiger partial charge in [0.25, 0.3) is 0 Å². The molecule has 1 aromatic heterocycles. The number of benzene rings is 1. The SMILES string of the molecule is COc1cc2nc(CCCCl)[nH]c2cc1OC. The topological polar surface area (TPSA) is 47.1 Å². The largest absolute Gasteiger partial charge is 0.493 e. The van der Waals surface area contributed by atoms with Crippen LogP contribution in [0.25, 0.3) is 11.0 Å². The number of imidazole rings is 1. The molecule has 1 N–H and O–H groups in total. The molecule has 92 valence electrons. The third-order valence-electron chi connectivity index (χ3n) is 2.58. The first-order chi connectivity index (χ1) is 8.28. The zero-order valence-corrected chi connectivity index (χ0v) is 10.7. The Morgan fingerprint density at radius 1 is 1.24 bits per heavy atom. The number of nitrogens with zero attached hydrogens (tertiary/aromatic N) is 1. The summed E-state index contributed by atoms with van der Waals surface area (Å²) < 4.78 is 10.5. The molecule has 0 aliphatic rings. The summed E-state index contributed by atoms with van der Waals surface area (Å²) in [6.07, 6.45) is 1.76. The normalized spacial score (nSPS) is 10.8. The monoisotopic (exact) mass is 254 g/mol. The number of H-pyrrole nitrogens is 1. The van der Waals surface area contributed by atoms with Crippen LogP contribution in [0.3, 0.4) is 0 Å².